The van der Waals surface area contributed by atoms with E-state index in [0.29, 0.717) is 23.5 Å². The van der Waals surface area contributed by atoms with E-state index in [1.54, 1.807) is 18.2 Å². The number of aromatic carboxylic acids is 1. The van der Waals surface area contributed by atoms with E-state index in [2.05, 4.69) is 5.32 Å². The summed E-state index contributed by atoms with van der Waals surface area (Å²) in [4.78, 5) is 12.1. The highest BCUT2D eigenvalue weighted by molar-refractivity contribution is 7.99. The highest BCUT2D eigenvalue weighted by Crippen LogP contribution is 2.28. The van der Waals surface area contributed by atoms with Crippen molar-refractivity contribution in [2.45, 2.75) is 18.2 Å². The molecule has 0 aliphatic carbocycles. The number of rotatable bonds is 8. The van der Waals surface area contributed by atoms with Crippen molar-refractivity contribution >= 4 is 33.3 Å². The molecule has 1 aromatic carbocycles. The molecule has 0 saturated heterocycles. The Hall–Kier alpha value is -1.21. The topological polar surface area (TPSA) is 83.5 Å². The Morgan fingerprint density at radius 2 is 2.10 bits per heavy atom. The van der Waals surface area contributed by atoms with Gasteiger partial charge >= 0.3 is 5.97 Å². The van der Waals surface area contributed by atoms with E-state index in [1.807, 2.05) is 6.92 Å². The lowest BCUT2D eigenvalue weighted by atomic mass is 10.1. The van der Waals surface area contributed by atoms with Crippen molar-refractivity contribution in [2.75, 3.05) is 29.6 Å². The van der Waals surface area contributed by atoms with Gasteiger partial charge in [-0.2, -0.15) is 0 Å². The maximum Gasteiger partial charge on any atom is 0.338 e. The van der Waals surface area contributed by atoms with E-state index < -0.39 is 15.8 Å². The molecule has 0 amide bonds. The lowest BCUT2D eigenvalue weighted by Gasteiger charge is -2.12. The fourth-order valence-electron chi connectivity index (χ4n) is 1.73. The zero-order valence-electron chi connectivity index (χ0n) is 11.5. The molecular weight excluding hydrogens is 298 g/mol. The van der Waals surface area contributed by atoms with Gasteiger partial charge in [0.1, 0.15) is 9.84 Å². The first kappa shape index (κ1) is 16.8. The van der Waals surface area contributed by atoms with Gasteiger partial charge in [0.15, 0.2) is 0 Å². The minimum atomic E-state index is -2.98. The number of benzene rings is 1. The van der Waals surface area contributed by atoms with Crippen molar-refractivity contribution in [3.8, 4) is 0 Å². The van der Waals surface area contributed by atoms with Crippen molar-refractivity contribution in [1.29, 1.82) is 0 Å². The molecule has 0 bridgehead atoms. The van der Waals surface area contributed by atoms with E-state index >= 15 is 0 Å². The van der Waals surface area contributed by atoms with Gasteiger partial charge in [-0.1, -0.05) is 13.0 Å². The predicted octanol–water partition coefficient (Wildman–Crippen LogP) is 2.34. The second-order valence-electron chi connectivity index (χ2n) is 4.33. The Morgan fingerprint density at radius 1 is 1.40 bits per heavy atom. The van der Waals surface area contributed by atoms with Crippen LogP contribution in [-0.2, 0) is 9.84 Å². The average Bonchev–Trinajstić information content (AvgIpc) is 2.33. The molecule has 20 heavy (non-hydrogen) atoms. The van der Waals surface area contributed by atoms with Gasteiger partial charge in [-0.15, -0.1) is 11.8 Å². The number of hydrogen-bond acceptors (Lipinski definition) is 5. The highest BCUT2D eigenvalue weighted by atomic mass is 32.2. The van der Waals surface area contributed by atoms with Crippen LogP contribution in [0.2, 0.25) is 0 Å². The van der Waals surface area contributed by atoms with Crippen LogP contribution in [0.15, 0.2) is 23.1 Å². The molecular formula is C13H19NO4S2. The van der Waals surface area contributed by atoms with Crippen LogP contribution in [0.3, 0.4) is 0 Å². The van der Waals surface area contributed by atoms with Gasteiger partial charge in [0.05, 0.1) is 11.3 Å². The molecule has 5 nitrogen and oxygen atoms in total. The molecule has 1 rings (SSSR count). The summed E-state index contributed by atoms with van der Waals surface area (Å²) in [5.74, 6) is -0.101. The summed E-state index contributed by atoms with van der Waals surface area (Å²) < 4.78 is 22.1. The van der Waals surface area contributed by atoms with E-state index in [4.69, 9.17) is 0 Å². The number of carboxylic acids is 1. The number of anilines is 1. The maximum absolute atomic E-state index is 11.4. The molecule has 0 aliphatic rings. The minimum Gasteiger partial charge on any atom is -0.478 e. The van der Waals surface area contributed by atoms with Crippen molar-refractivity contribution in [1.82, 2.24) is 0 Å². The first-order valence-corrected chi connectivity index (χ1v) is 9.30. The van der Waals surface area contributed by atoms with E-state index in [0.717, 1.165) is 5.75 Å². The molecule has 0 saturated carbocycles. The smallest absolute Gasteiger partial charge is 0.338 e. The number of sulfone groups is 1. The number of hydrogen-bond donors (Lipinski definition) is 2. The summed E-state index contributed by atoms with van der Waals surface area (Å²) >= 11 is 1.47. The van der Waals surface area contributed by atoms with E-state index in [1.165, 1.54) is 18.0 Å². The summed E-state index contributed by atoms with van der Waals surface area (Å²) in [5.41, 5.74) is 0.781. The molecule has 0 heterocycles. The fourth-order valence-corrected chi connectivity index (χ4v) is 3.23. The third-order valence-electron chi connectivity index (χ3n) is 2.55. The van der Waals surface area contributed by atoms with Crippen molar-refractivity contribution in [2.24, 2.45) is 0 Å². The Labute approximate surface area is 123 Å². The Morgan fingerprint density at radius 3 is 2.65 bits per heavy atom. The molecule has 7 heteroatoms. The lowest BCUT2D eigenvalue weighted by Crippen LogP contribution is -2.12. The number of carbonyl (C=O) groups is 1. The molecule has 0 aliphatic heterocycles. The van der Waals surface area contributed by atoms with Gasteiger partial charge in [0, 0.05) is 23.4 Å². The molecule has 0 radical (unpaired) electrons. The molecule has 112 valence electrons. The fraction of sp³-hybridized carbons (Fsp3) is 0.462. The molecule has 0 aromatic heterocycles. The number of thioether (sulfide) groups is 1. The number of carboxylic acid groups (broad SMARTS) is 1. The average molecular weight is 317 g/mol. The summed E-state index contributed by atoms with van der Waals surface area (Å²) in [5, 5.41) is 12.3. The second-order valence-corrected chi connectivity index (χ2v) is 7.89. The minimum absolute atomic E-state index is 0.0891. The Kier molecular flexibility index (Phi) is 6.35. The SMILES string of the molecule is CCSc1cccc(NCCCS(C)(=O)=O)c1C(=O)O. The van der Waals surface area contributed by atoms with Crippen LogP contribution in [0.1, 0.15) is 23.7 Å². The first-order chi connectivity index (χ1) is 9.35. The van der Waals surface area contributed by atoms with Crippen LogP contribution < -0.4 is 5.32 Å². The quantitative estimate of drug-likeness (QED) is 0.565. The van der Waals surface area contributed by atoms with E-state index in [9.17, 15) is 18.3 Å². The van der Waals surface area contributed by atoms with Crippen molar-refractivity contribution < 1.29 is 18.3 Å². The lowest BCUT2D eigenvalue weighted by molar-refractivity contribution is 0.0694. The summed E-state index contributed by atoms with van der Waals surface area (Å²) in [6.07, 6.45) is 1.64. The van der Waals surface area contributed by atoms with Gasteiger partial charge in [-0.05, 0) is 24.3 Å². The third-order valence-corrected chi connectivity index (χ3v) is 4.52. The highest BCUT2D eigenvalue weighted by Gasteiger charge is 2.15. The van der Waals surface area contributed by atoms with E-state index in [-0.39, 0.29) is 11.3 Å². The standard InChI is InChI=1S/C13H19NO4S2/c1-3-19-11-7-4-6-10(12(11)13(15)16)14-8-5-9-20(2,17)18/h4,6-7,14H,3,5,8-9H2,1-2H3,(H,15,16). The summed E-state index contributed by atoms with van der Waals surface area (Å²) in [7, 11) is -2.98. The normalized spacial score (nSPS) is 11.3. The largest absolute Gasteiger partial charge is 0.478 e. The van der Waals surface area contributed by atoms with Crippen LogP contribution in [0, 0.1) is 0 Å². The molecule has 2 N–H and O–H groups in total. The first-order valence-electron chi connectivity index (χ1n) is 6.26. The zero-order valence-corrected chi connectivity index (χ0v) is 13.2. The van der Waals surface area contributed by atoms with Gasteiger partial charge in [0.2, 0.25) is 0 Å². The van der Waals surface area contributed by atoms with Crippen LogP contribution in [0.25, 0.3) is 0 Å². The molecule has 1 aromatic rings. The maximum atomic E-state index is 11.4. The van der Waals surface area contributed by atoms with Gasteiger partial charge in [-0.25, -0.2) is 13.2 Å². The molecule has 0 spiro atoms. The molecule has 0 unspecified atom stereocenters. The zero-order chi connectivity index (χ0) is 15.2. The van der Waals surface area contributed by atoms with Crippen molar-refractivity contribution in [3.05, 3.63) is 23.8 Å². The molecule has 0 fully saturated rings. The van der Waals surface area contributed by atoms with Crippen LogP contribution in [-0.4, -0.2) is 43.8 Å². The van der Waals surface area contributed by atoms with Gasteiger partial charge in [0.25, 0.3) is 0 Å². The van der Waals surface area contributed by atoms with Crippen LogP contribution >= 0.6 is 11.8 Å². The Bertz CT molecular complexity index is 570. The summed E-state index contributed by atoms with van der Waals surface area (Å²) in [6.45, 7) is 2.39. The van der Waals surface area contributed by atoms with Crippen LogP contribution in [0.4, 0.5) is 5.69 Å². The third kappa shape index (κ3) is 5.42. The second kappa shape index (κ2) is 7.54. The van der Waals surface area contributed by atoms with Gasteiger partial charge < -0.3 is 10.4 Å². The number of nitrogens with one attached hydrogen (secondary N) is 1. The summed E-state index contributed by atoms with van der Waals surface area (Å²) in [6, 6.07) is 5.27. The Balaban J connectivity index is 2.79. The van der Waals surface area contributed by atoms with Crippen LogP contribution in [0.5, 0.6) is 0 Å². The van der Waals surface area contributed by atoms with Gasteiger partial charge in [-0.3, -0.25) is 0 Å². The predicted molar refractivity (Wildman–Crippen MR) is 82.6 cm³/mol. The van der Waals surface area contributed by atoms with Crippen molar-refractivity contribution in [3.63, 3.8) is 0 Å². The molecule has 0 atom stereocenters. The monoisotopic (exact) mass is 317 g/mol.